The van der Waals surface area contributed by atoms with Crippen molar-refractivity contribution in [1.82, 2.24) is 10.2 Å². The number of anilines is 1. The number of carbonyl (C=O) groups is 2. The Balaban J connectivity index is 1.54. The molecule has 29 heavy (non-hydrogen) atoms. The summed E-state index contributed by atoms with van der Waals surface area (Å²) in [6.45, 7) is 4.36. The Morgan fingerprint density at radius 2 is 2.00 bits per heavy atom. The van der Waals surface area contributed by atoms with Crippen molar-refractivity contribution in [3.8, 4) is 5.75 Å². The third kappa shape index (κ3) is 5.79. The van der Waals surface area contributed by atoms with Crippen molar-refractivity contribution in [2.75, 3.05) is 45.3 Å². The number of nitrogens with zero attached hydrogens (tertiary/aromatic N) is 1. The van der Waals surface area contributed by atoms with Crippen molar-refractivity contribution >= 4 is 17.5 Å². The largest absolute Gasteiger partial charge is 0.492 e. The van der Waals surface area contributed by atoms with Crippen LogP contribution >= 0.6 is 0 Å². The number of likely N-dealkylation sites (N-methyl/N-ethyl adjacent to an activating group) is 1. The van der Waals surface area contributed by atoms with E-state index in [2.05, 4.69) is 10.6 Å². The molecule has 0 aromatic heterocycles. The third-order valence-corrected chi connectivity index (χ3v) is 4.86. The first kappa shape index (κ1) is 20.8. The zero-order valence-electron chi connectivity index (χ0n) is 16.8. The van der Waals surface area contributed by atoms with E-state index in [1.165, 1.54) is 0 Å². The van der Waals surface area contributed by atoms with Crippen molar-refractivity contribution in [2.24, 2.45) is 0 Å². The molecule has 3 rings (SSSR count). The van der Waals surface area contributed by atoms with Crippen LogP contribution in [0.5, 0.6) is 5.75 Å². The van der Waals surface area contributed by atoms with Gasteiger partial charge in [-0.25, -0.2) is 0 Å². The summed E-state index contributed by atoms with van der Waals surface area (Å²) >= 11 is 0. The van der Waals surface area contributed by atoms with Crippen LogP contribution in [0.4, 0.5) is 5.69 Å². The van der Waals surface area contributed by atoms with Crippen LogP contribution in [0.2, 0.25) is 0 Å². The number of hydrogen-bond donors (Lipinski definition) is 2. The fourth-order valence-corrected chi connectivity index (χ4v) is 3.03. The van der Waals surface area contributed by atoms with Gasteiger partial charge in [0.25, 0.3) is 5.91 Å². The summed E-state index contributed by atoms with van der Waals surface area (Å²) in [6, 6.07) is 14.4. The third-order valence-electron chi connectivity index (χ3n) is 4.86. The van der Waals surface area contributed by atoms with Crippen LogP contribution in [0.1, 0.15) is 15.9 Å². The van der Waals surface area contributed by atoms with Crippen molar-refractivity contribution in [3.05, 3.63) is 59.7 Å². The first-order valence-corrected chi connectivity index (χ1v) is 9.70. The van der Waals surface area contributed by atoms with Gasteiger partial charge in [-0.1, -0.05) is 24.3 Å². The molecule has 1 atom stereocenters. The molecule has 1 fully saturated rings. The Morgan fingerprint density at radius 3 is 2.76 bits per heavy atom. The lowest BCUT2D eigenvalue weighted by atomic mass is 10.1. The van der Waals surface area contributed by atoms with Crippen molar-refractivity contribution < 1.29 is 19.1 Å². The summed E-state index contributed by atoms with van der Waals surface area (Å²) in [5.41, 5.74) is 2.00. The molecule has 1 saturated heterocycles. The van der Waals surface area contributed by atoms with Crippen molar-refractivity contribution in [3.63, 3.8) is 0 Å². The van der Waals surface area contributed by atoms with Gasteiger partial charge in [0.2, 0.25) is 5.91 Å². The monoisotopic (exact) mass is 397 g/mol. The topological polar surface area (TPSA) is 79.9 Å². The minimum atomic E-state index is -0.337. The van der Waals surface area contributed by atoms with Crippen LogP contribution in [-0.2, 0) is 9.53 Å². The van der Waals surface area contributed by atoms with Gasteiger partial charge in [0.05, 0.1) is 19.8 Å². The first-order valence-electron chi connectivity index (χ1n) is 9.70. The number of morpholine rings is 1. The average molecular weight is 397 g/mol. The minimum absolute atomic E-state index is 0.135. The molecular weight excluding hydrogens is 370 g/mol. The highest BCUT2D eigenvalue weighted by Crippen LogP contribution is 2.18. The SMILES string of the molecule is Cc1ccc(C(=O)NCCOc2ccccc2)cc1NC(=O)[C@@H]1COCCN1C. The van der Waals surface area contributed by atoms with E-state index in [0.29, 0.717) is 44.2 Å². The maximum Gasteiger partial charge on any atom is 0.251 e. The molecule has 0 bridgehead atoms. The van der Waals surface area contributed by atoms with E-state index in [0.717, 1.165) is 11.3 Å². The van der Waals surface area contributed by atoms with Gasteiger partial charge in [0, 0.05) is 17.8 Å². The van der Waals surface area contributed by atoms with E-state index >= 15 is 0 Å². The van der Waals surface area contributed by atoms with E-state index in [1.807, 2.05) is 55.3 Å². The predicted octanol–water partition coefficient (Wildman–Crippen LogP) is 2.07. The lowest BCUT2D eigenvalue weighted by molar-refractivity contribution is -0.126. The summed E-state index contributed by atoms with van der Waals surface area (Å²) in [5, 5.41) is 5.76. The van der Waals surface area contributed by atoms with Gasteiger partial charge in [0.15, 0.2) is 0 Å². The molecule has 0 saturated carbocycles. The quantitative estimate of drug-likeness (QED) is 0.700. The molecule has 2 aromatic carbocycles. The van der Waals surface area contributed by atoms with Crippen molar-refractivity contribution in [1.29, 1.82) is 0 Å². The van der Waals surface area contributed by atoms with Crippen LogP contribution in [0.25, 0.3) is 0 Å². The highest BCUT2D eigenvalue weighted by Gasteiger charge is 2.27. The molecule has 0 aliphatic carbocycles. The number of hydrogen-bond acceptors (Lipinski definition) is 5. The first-order chi connectivity index (χ1) is 14.0. The summed E-state index contributed by atoms with van der Waals surface area (Å²) in [5.74, 6) is 0.415. The zero-order chi connectivity index (χ0) is 20.6. The smallest absolute Gasteiger partial charge is 0.251 e. The predicted molar refractivity (Wildman–Crippen MR) is 111 cm³/mol. The Hall–Kier alpha value is -2.90. The number of rotatable bonds is 7. The molecule has 1 aliphatic rings. The molecule has 7 nitrogen and oxygen atoms in total. The molecule has 1 aliphatic heterocycles. The molecule has 7 heteroatoms. The van der Waals surface area contributed by atoms with Crippen LogP contribution in [0.3, 0.4) is 0 Å². The zero-order valence-corrected chi connectivity index (χ0v) is 16.8. The van der Waals surface area contributed by atoms with Crippen LogP contribution in [-0.4, -0.2) is 62.7 Å². The molecule has 1 heterocycles. The van der Waals surface area contributed by atoms with Crippen LogP contribution in [0.15, 0.2) is 48.5 Å². The van der Waals surface area contributed by atoms with Crippen LogP contribution in [0, 0.1) is 6.92 Å². The second kappa shape index (κ2) is 10.0. The lowest BCUT2D eigenvalue weighted by Crippen LogP contribution is -2.49. The maximum absolute atomic E-state index is 12.6. The second-order valence-corrected chi connectivity index (χ2v) is 7.01. The average Bonchev–Trinajstić information content (AvgIpc) is 2.73. The second-order valence-electron chi connectivity index (χ2n) is 7.01. The summed E-state index contributed by atoms with van der Waals surface area (Å²) in [7, 11) is 1.90. The van der Waals surface area contributed by atoms with Gasteiger partial charge in [-0.3, -0.25) is 14.5 Å². The summed E-state index contributed by atoms with van der Waals surface area (Å²) in [6.07, 6.45) is 0. The minimum Gasteiger partial charge on any atom is -0.492 e. The van der Waals surface area contributed by atoms with E-state index in [4.69, 9.17) is 9.47 Å². The molecule has 2 aromatic rings. The highest BCUT2D eigenvalue weighted by molar-refractivity contribution is 5.99. The number of para-hydroxylation sites is 1. The van der Waals surface area contributed by atoms with Crippen LogP contribution < -0.4 is 15.4 Å². The fourth-order valence-electron chi connectivity index (χ4n) is 3.03. The van der Waals surface area contributed by atoms with Gasteiger partial charge in [-0.15, -0.1) is 0 Å². The van der Waals surface area contributed by atoms with Gasteiger partial charge in [-0.05, 0) is 43.8 Å². The molecular formula is C22H27N3O4. The van der Waals surface area contributed by atoms with Gasteiger partial charge in [0.1, 0.15) is 18.4 Å². The number of aryl methyl sites for hydroxylation is 1. The van der Waals surface area contributed by atoms with Gasteiger partial charge >= 0.3 is 0 Å². The maximum atomic E-state index is 12.6. The number of nitrogens with one attached hydrogen (secondary N) is 2. The normalized spacial score (nSPS) is 16.8. The fraction of sp³-hybridized carbons (Fsp3) is 0.364. The Kier molecular flexibility index (Phi) is 7.21. The van der Waals surface area contributed by atoms with Gasteiger partial charge < -0.3 is 20.1 Å². The standard InChI is InChI=1S/C22H27N3O4/c1-16-8-9-17(21(26)23-10-12-29-18-6-4-3-5-7-18)14-19(16)24-22(27)20-15-28-13-11-25(20)2/h3-9,14,20H,10-13,15H2,1-2H3,(H,23,26)(H,24,27)/t20-/m0/s1. The number of carbonyl (C=O) groups excluding carboxylic acids is 2. The van der Waals surface area contributed by atoms with E-state index < -0.39 is 0 Å². The molecule has 154 valence electrons. The molecule has 2 amide bonds. The number of benzene rings is 2. The molecule has 0 radical (unpaired) electrons. The van der Waals surface area contributed by atoms with E-state index in [9.17, 15) is 9.59 Å². The molecule has 0 unspecified atom stereocenters. The highest BCUT2D eigenvalue weighted by atomic mass is 16.5. The summed E-state index contributed by atoms with van der Waals surface area (Å²) in [4.78, 5) is 27.0. The van der Waals surface area contributed by atoms with E-state index in [1.54, 1.807) is 12.1 Å². The Labute approximate surface area is 171 Å². The van der Waals surface area contributed by atoms with Crippen molar-refractivity contribution in [2.45, 2.75) is 13.0 Å². The van der Waals surface area contributed by atoms with Gasteiger partial charge in [-0.2, -0.15) is 0 Å². The molecule has 2 N–H and O–H groups in total. The lowest BCUT2D eigenvalue weighted by Gasteiger charge is -2.31. The Morgan fingerprint density at radius 1 is 1.21 bits per heavy atom. The number of amides is 2. The van der Waals surface area contributed by atoms with E-state index in [-0.39, 0.29) is 17.9 Å². The molecule has 0 spiro atoms. The Bertz CT molecular complexity index is 841. The number of ether oxygens (including phenoxy) is 2. The summed E-state index contributed by atoms with van der Waals surface area (Å²) < 4.78 is 11.0.